The van der Waals surface area contributed by atoms with Crippen molar-refractivity contribution in [3.8, 4) is 11.5 Å². The largest absolute Gasteiger partial charge is 0.490 e. The van der Waals surface area contributed by atoms with E-state index < -0.39 is 6.10 Å². The van der Waals surface area contributed by atoms with Crippen molar-refractivity contribution in [2.24, 2.45) is 0 Å². The molecule has 146 valence electrons. The number of nitrogens with one attached hydrogen (secondary N) is 2. The summed E-state index contributed by atoms with van der Waals surface area (Å²) in [6, 6.07) is 14.5. The van der Waals surface area contributed by atoms with E-state index in [1.54, 1.807) is 30.3 Å². The van der Waals surface area contributed by atoms with Crippen LogP contribution in [0.1, 0.15) is 31.1 Å². The van der Waals surface area contributed by atoms with Gasteiger partial charge in [-0.05, 0) is 31.2 Å². The summed E-state index contributed by atoms with van der Waals surface area (Å²) in [6.07, 6.45) is -0.626. The molecule has 1 atom stereocenters. The summed E-state index contributed by atoms with van der Waals surface area (Å²) in [5.74, 6) is 0.854. The van der Waals surface area contributed by atoms with Crippen LogP contribution >= 0.6 is 0 Å². The minimum absolute atomic E-state index is 0.148. The number of carbonyl (C=O) groups excluding carboxylic acids is 1. The Kier molecular flexibility index (Phi) is 8.10. The standard InChI is InChI=1S/C21H28N2O4/c1-4-26-20-12-17(23-21(25)16-8-6-5-7-9-16)10-11-19(20)27-14-18(24)13-22-15(2)3/h5-12,15,18,22,24H,4,13-14H2,1-3H3,(H,23,25). The summed E-state index contributed by atoms with van der Waals surface area (Å²) in [7, 11) is 0. The van der Waals surface area contributed by atoms with Crippen LogP contribution in [0.5, 0.6) is 11.5 Å². The number of hydrogen-bond donors (Lipinski definition) is 3. The van der Waals surface area contributed by atoms with E-state index in [4.69, 9.17) is 9.47 Å². The maximum Gasteiger partial charge on any atom is 0.255 e. The average Bonchev–Trinajstić information content (AvgIpc) is 2.66. The van der Waals surface area contributed by atoms with Gasteiger partial charge in [-0.2, -0.15) is 0 Å². The second-order valence-electron chi connectivity index (χ2n) is 6.44. The van der Waals surface area contributed by atoms with E-state index in [-0.39, 0.29) is 12.5 Å². The van der Waals surface area contributed by atoms with Crippen molar-refractivity contribution in [2.75, 3.05) is 25.1 Å². The topological polar surface area (TPSA) is 79.8 Å². The lowest BCUT2D eigenvalue weighted by molar-refractivity contribution is 0.102. The van der Waals surface area contributed by atoms with Crippen LogP contribution < -0.4 is 20.1 Å². The fourth-order valence-corrected chi connectivity index (χ4v) is 2.38. The molecule has 0 saturated heterocycles. The molecule has 0 aliphatic heterocycles. The molecule has 2 aromatic rings. The highest BCUT2D eigenvalue weighted by atomic mass is 16.5. The molecule has 0 saturated carbocycles. The molecule has 3 N–H and O–H groups in total. The second-order valence-corrected chi connectivity index (χ2v) is 6.44. The van der Waals surface area contributed by atoms with Crippen molar-refractivity contribution in [2.45, 2.75) is 32.9 Å². The van der Waals surface area contributed by atoms with Crippen molar-refractivity contribution in [3.05, 3.63) is 54.1 Å². The zero-order valence-electron chi connectivity index (χ0n) is 16.1. The van der Waals surface area contributed by atoms with E-state index in [9.17, 15) is 9.90 Å². The summed E-state index contributed by atoms with van der Waals surface area (Å²) in [4.78, 5) is 12.3. The van der Waals surface area contributed by atoms with Crippen molar-refractivity contribution in [3.63, 3.8) is 0 Å². The Morgan fingerprint density at radius 3 is 2.48 bits per heavy atom. The first-order valence-corrected chi connectivity index (χ1v) is 9.17. The van der Waals surface area contributed by atoms with E-state index in [1.807, 2.05) is 39.0 Å². The number of hydrogen-bond acceptors (Lipinski definition) is 5. The number of carbonyl (C=O) groups is 1. The Bertz CT molecular complexity index is 719. The highest BCUT2D eigenvalue weighted by Gasteiger charge is 2.12. The van der Waals surface area contributed by atoms with Gasteiger partial charge in [-0.15, -0.1) is 0 Å². The summed E-state index contributed by atoms with van der Waals surface area (Å²) in [6.45, 7) is 6.97. The number of aliphatic hydroxyl groups excluding tert-OH is 1. The van der Waals surface area contributed by atoms with Gasteiger partial charge in [0.15, 0.2) is 11.5 Å². The van der Waals surface area contributed by atoms with E-state index in [0.29, 0.717) is 41.9 Å². The number of anilines is 1. The first kappa shape index (κ1) is 20.7. The van der Waals surface area contributed by atoms with Gasteiger partial charge in [-0.3, -0.25) is 4.79 Å². The predicted molar refractivity (Wildman–Crippen MR) is 107 cm³/mol. The van der Waals surface area contributed by atoms with Crippen molar-refractivity contribution >= 4 is 11.6 Å². The zero-order valence-corrected chi connectivity index (χ0v) is 16.1. The Morgan fingerprint density at radius 2 is 1.81 bits per heavy atom. The second kappa shape index (κ2) is 10.5. The number of rotatable bonds is 10. The van der Waals surface area contributed by atoms with E-state index in [0.717, 1.165) is 0 Å². The Labute approximate surface area is 160 Å². The molecule has 0 aromatic heterocycles. The van der Waals surface area contributed by atoms with Crippen LogP contribution in [0.4, 0.5) is 5.69 Å². The van der Waals surface area contributed by atoms with Crippen LogP contribution in [0.15, 0.2) is 48.5 Å². The molecule has 27 heavy (non-hydrogen) atoms. The molecule has 0 spiro atoms. The molecule has 0 aliphatic carbocycles. The first-order chi connectivity index (χ1) is 13.0. The van der Waals surface area contributed by atoms with Crippen LogP contribution in [0.2, 0.25) is 0 Å². The van der Waals surface area contributed by atoms with Crippen LogP contribution in [0, 0.1) is 0 Å². The Balaban J connectivity index is 2.01. The van der Waals surface area contributed by atoms with Gasteiger partial charge >= 0.3 is 0 Å². The molecule has 1 unspecified atom stereocenters. The lowest BCUT2D eigenvalue weighted by atomic mass is 10.2. The summed E-state index contributed by atoms with van der Waals surface area (Å²) in [5, 5.41) is 16.0. The highest BCUT2D eigenvalue weighted by molar-refractivity contribution is 6.04. The third kappa shape index (κ3) is 6.92. The van der Waals surface area contributed by atoms with Gasteiger partial charge in [0.05, 0.1) is 6.61 Å². The minimum atomic E-state index is -0.626. The number of amides is 1. The van der Waals surface area contributed by atoms with Gasteiger partial charge in [-0.1, -0.05) is 32.0 Å². The monoisotopic (exact) mass is 372 g/mol. The van der Waals surface area contributed by atoms with Crippen LogP contribution in [0.25, 0.3) is 0 Å². The molecule has 0 radical (unpaired) electrons. The summed E-state index contributed by atoms with van der Waals surface area (Å²) < 4.78 is 11.3. The van der Waals surface area contributed by atoms with Crippen LogP contribution in [-0.4, -0.2) is 42.9 Å². The van der Waals surface area contributed by atoms with Crippen LogP contribution in [-0.2, 0) is 0 Å². The van der Waals surface area contributed by atoms with E-state index >= 15 is 0 Å². The smallest absolute Gasteiger partial charge is 0.255 e. The Hall–Kier alpha value is -2.57. The van der Waals surface area contributed by atoms with Gasteiger partial charge < -0.3 is 25.2 Å². The molecule has 6 nitrogen and oxygen atoms in total. The fraction of sp³-hybridized carbons (Fsp3) is 0.381. The maximum atomic E-state index is 12.3. The van der Waals surface area contributed by atoms with Gasteiger partial charge in [0, 0.05) is 29.9 Å². The summed E-state index contributed by atoms with van der Waals surface area (Å²) >= 11 is 0. The van der Waals surface area contributed by atoms with Gasteiger partial charge in [0.25, 0.3) is 5.91 Å². The molecule has 6 heteroatoms. The number of benzene rings is 2. The van der Waals surface area contributed by atoms with Gasteiger partial charge in [0.2, 0.25) is 0 Å². The molecule has 1 amide bonds. The molecular weight excluding hydrogens is 344 g/mol. The maximum absolute atomic E-state index is 12.3. The normalized spacial score (nSPS) is 11.9. The average molecular weight is 372 g/mol. The molecular formula is C21H28N2O4. The third-order valence-electron chi connectivity index (χ3n) is 3.73. The zero-order chi connectivity index (χ0) is 19.6. The minimum Gasteiger partial charge on any atom is -0.490 e. The van der Waals surface area contributed by atoms with Crippen LogP contribution in [0.3, 0.4) is 0 Å². The first-order valence-electron chi connectivity index (χ1n) is 9.17. The predicted octanol–water partition coefficient (Wildman–Crippen LogP) is 3.08. The molecule has 2 aromatic carbocycles. The van der Waals surface area contributed by atoms with Gasteiger partial charge in [-0.25, -0.2) is 0 Å². The molecule has 0 fully saturated rings. The molecule has 2 rings (SSSR count). The van der Waals surface area contributed by atoms with E-state index in [1.165, 1.54) is 0 Å². The number of aliphatic hydroxyl groups is 1. The summed E-state index contributed by atoms with van der Waals surface area (Å²) in [5.41, 5.74) is 1.19. The SMILES string of the molecule is CCOc1cc(NC(=O)c2ccccc2)ccc1OCC(O)CNC(C)C. The number of ether oxygens (including phenoxy) is 2. The highest BCUT2D eigenvalue weighted by Crippen LogP contribution is 2.31. The molecule has 0 heterocycles. The van der Waals surface area contributed by atoms with Crippen molar-refractivity contribution in [1.82, 2.24) is 5.32 Å². The molecule has 0 bridgehead atoms. The van der Waals surface area contributed by atoms with Gasteiger partial charge in [0.1, 0.15) is 12.7 Å². The third-order valence-corrected chi connectivity index (χ3v) is 3.73. The Morgan fingerprint density at radius 1 is 1.07 bits per heavy atom. The molecule has 0 aliphatic rings. The lowest BCUT2D eigenvalue weighted by Gasteiger charge is -2.17. The van der Waals surface area contributed by atoms with Crippen molar-refractivity contribution < 1.29 is 19.4 Å². The van der Waals surface area contributed by atoms with E-state index in [2.05, 4.69) is 10.6 Å². The fourth-order valence-electron chi connectivity index (χ4n) is 2.38. The quantitative estimate of drug-likeness (QED) is 0.597. The van der Waals surface area contributed by atoms with Crippen molar-refractivity contribution in [1.29, 1.82) is 0 Å². The lowest BCUT2D eigenvalue weighted by Crippen LogP contribution is -2.35.